The molecule has 1 rings (SSSR count). The van der Waals surface area contributed by atoms with Crippen molar-refractivity contribution in [3.05, 3.63) is 23.8 Å². The van der Waals surface area contributed by atoms with Gasteiger partial charge in [0.25, 0.3) is 0 Å². The maximum atomic E-state index is 11.1. The third-order valence-corrected chi connectivity index (χ3v) is 2.94. The Balaban J connectivity index is 2.30. The molecule has 0 saturated heterocycles. The molecule has 3 heteroatoms. The van der Waals surface area contributed by atoms with E-state index in [4.69, 9.17) is 4.74 Å². The van der Waals surface area contributed by atoms with Gasteiger partial charge in [-0.05, 0) is 39.0 Å². The highest BCUT2D eigenvalue weighted by atomic mass is 16.5. The van der Waals surface area contributed by atoms with Crippen molar-refractivity contribution in [2.45, 2.75) is 33.1 Å². The van der Waals surface area contributed by atoms with Crippen molar-refractivity contribution in [3.63, 3.8) is 0 Å². The molecule has 0 heterocycles. The predicted octanol–water partition coefficient (Wildman–Crippen LogP) is 3.04. The van der Waals surface area contributed by atoms with Gasteiger partial charge in [-0.3, -0.25) is 0 Å². The first-order valence-corrected chi connectivity index (χ1v) is 5.87. The first-order valence-electron chi connectivity index (χ1n) is 5.87. The Kier molecular flexibility index (Phi) is 5.09. The fourth-order valence-electron chi connectivity index (χ4n) is 1.86. The van der Waals surface area contributed by atoms with E-state index in [0.717, 1.165) is 19.3 Å². The van der Waals surface area contributed by atoms with Gasteiger partial charge in [0.2, 0.25) is 0 Å². The Morgan fingerprint density at radius 3 is 2.94 bits per heavy atom. The van der Waals surface area contributed by atoms with Crippen LogP contribution in [0.3, 0.4) is 0 Å². The molecule has 1 aliphatic carbocycles. The topological polar surface area (TPSA) is 38.3 Å². The summed E-state index contributed by atoms with van der Waals surface area (Å²) in [5, 5.41) is 2.75. The molecule has 0 aromatic carbocycles. The van der Waals surface area contributed by atoms with Crippen molar-refractivity contribution in [3.8, 4) is 0 Å². The molecule has 0 radical (unpaired) electrons. The monoisotopic (exact) mass is 223 g/mol. The van der Waals surface area contributed by atoms with E-state index in [0.29, 0.717) is 19.1 Å². The molecule has 0 aromatic rings. The third-order valence-electron chi connectivity index (χ3n) is 2.94. The Bertz CT molecular complexity index is 294. The molecule has 0 bridgehead atoms. The van der Waals surface area contributed by atoms with Gasteiger partial charge in [-0.1, -0.05) is 23.8 Å². The zero-order valence-corrected chi connectivity index (χ0v) is 10.2. The van der Waals surface area contributed by atoms with Crippen LogP contribution >= 0.6 is 0 Å². The molecule has 0 aromatic heterocycles. The molecular formula is C13H21NO2. The summed E-state index contributed by atoms with van der Waals surface area (Å²) in [6, 6.07) is 0. The van der Waals surface area contributed by atoms with Gasteiger partial charge >= 0.3 is 6.09 Å². The van der Waals surface area contributed by atoms with Crippen molar-refractivity contribution in [2.75, 3.05) is 13.2 Å². The van der Waals surface area contributed by atoms with Crippen LogP contribution in [-0.2, 0) is 4.74 Å². The van der Waals surface area contributed by atoms with Crippen LogP contribution in [0.15, 0.2) is 23.8 Å². The first-order chi connectivity index (χ1) is 7.63. The largest absolute Gasteiger partial charge is 0.450 e. The fourth-order valence-corrected chi connectivity index (χ4v) is 1.86. The quantitative estimate of drug-likeness (QED) is 0.744. The summed E-state index contributed by atoms with van der Waals surface area (Å²) in [6.07, 6.45) is 5.13. The summed E-state index contributed by atoms with van der Waals surface area (Å²) in [7, 11) is 0. The summed E-state index contributed by atoms with van der Waals surface area (Å²) in [5.74, 6) is 0.617. The molecule has 0 aliphatic heterocycles. The van der Waals surface area contributed by atoms with Crippen molar-refractivity contribution < 1.29 is 9.53 Å². The second-order valence-corrected chi connectivity index (χ2v) is 4.25. The van der Waals surface area contributed by atoms with E-state index in [-0.39, 0.29) is 6.09 Å². The van der Waals surface area contributed by atoms with E-state index >= 15 is 0 Å². The van der Waals surface area contributed by atoms with E-state index < -0.39 is 0 Å². The van der Waals surface area contributed by atoms with E-state index in [1.54, 1.807) is 6.92 Å². The Hall–Kier alpha value is -1.25. The molecule has 16 heavy (non-hydrogen) atoms. The minimum atomic E-state index is -0.328. The Morgan fingerprint density at radius 2 is 2.44 bits per heavy atom. The number of hydrogen-bond donors (Lipinski definition) is 1. The summed E-state index contributed by atoms with van der Waals surface area (Å²) in [5.41, 5.74) is 2.55. The molecule has 1 atom stereocenters. The molecular weight excluding hydrogens is 202 g/mol. The Morgan fingerprint density at radius 1 is 1.69 bits per heavy atom. The Labute approximate surface area is 97.6 Å². The standard InChI is InChI=1S/C13H21NO2/c1-4-16-13(15)14-9-11-5-7-12(8-6-11)10(2)3/h5,12H,2,4,6-9H2,1,3H3,(H,14,15). The van der Waals surface area contributed by atoms with Gasteiger partial charge in [-0.15, -0.1) is 0 Å². The number of alkyl carbamates (subject to hydrolysis) is 1. The van der Waals surface area contributed by atoms with E-state index in [1.807, 2.05) is 0 Å². The second kappa shape index (κ2) is 6.36. The first kappa shape index (κ1) is 12.8. The molecule has 0 spiro atoms. The fraction of sp³-hybridized carbons (Fsp3) is 0.615. The summed E-state index contributed by atoms with van der Waals surface area (Å²) >= 11 is 0. The summed E-state index contributed by atoms with van der Waals surface area (Å²) < 4.78 is 4.80. The van der Waals surface area contributed by atoms with Crippen LogP contribution < -0.4 is 5.32 Å². The lowest BCUT2D eigenvalue weighted by atomic mass is 9.85. The number of allylic oxidation sites excluding steroid dienone is 2. The van der Waals surface area contributed by atoms with Crippen molar-refractivity contribution >= 4 is 6.09 Å². The normalized spacial score (nSPS) is 19.9. The van der Waals surface area contributed by atoms with Gasteiger partial charge in [-0.2, -0.15) is 0 Å². The number of rotatable bonds is 4. The highest BCUT2D eigenvalue weighted by Gasteiger charge is 2.15. The highest BCUT2D eigenvalue weighted by molar-refractivity contribution is 5.67. The van der Waals surface area contributed by atoms with E-state index in [9.17, 15) is 4.79 Å². The van der Waals surface area contributed by atoms with Gasteiger partial charge in [0.15, 0.2) is 0 Å². The second-order valence-electron chi connectivity index (χ2n) is 4.25. The van der Waals surface area contributed by atoms with Gasteiger partial charge < -0.3 is 10.1 Å². The number of carbonyl (C=O) groups excluding carboxylic acids is 1. The molecule has 3 nitrogen and oxygen atoms in total. The third kappa shape index (κ3) is 4.09. The van der Waals surface area contributed by atoms with Crippen LogP contribution in [0, 0.1) is 5.92 Å². The van der Waals surface area contributed by atoms with Crippen molar-refractivity contribution in [1.82, 2.24) is 5.32 Å². The number of ether oxygens (including phenoxy) is 1. The maximum Gasteiger partial charge on any atom is 0.407 e. The average molecular weight is 223 g/mol. The molecule has 1 amide bonds. The van der Waals surface area contributed by atoms with Crippen LogP contribution in [0.4, 0.5) is 4.79 Å². The number of nitrogens with one attached hydrogen (secondary N) is 1. The van der Waals surface area contributed by atoms with Gasteiger partial charge in [0, 0.05) is 6.54 Å². The van der Waals surface area contributed by atoms with Crippen LogP contribution in [0.1, 0.15) is 33.1 Å². The highest BCUT2D eigenvalue weighted by Crippen LogP contribution is 2.27. The van der Waals surface area contributed by atoms with Crippen LogP contribution in [0.5, 0.6) is 0 Å². The van der Waals surface area contributed by atoms with Crippen LogP contribution in [-0.4, -0.2) is 19.2 Å². The lowest BCUT2D eigenvalue weighted by Crippen LogP contribution is -2.27. The maximum absolute atomic E-state index is 11.1. The lowest BCUT2D eigenvalue weighted by Gasteiger charge is -2.22. The summed E-state index contributed by atoms with van der Waals surface area (Å²) in [4.78, 5) is 11.1. The van der Waals surface area contributed by atoms with E-state index in [1.165, 1.54) is 11.1 Å². The SMILES string of the molecule is C=C(C)C1CC=C(CNC(=O)OCC)CC1. The van der Waals surface area contributed by atoms with E-state index in [2.05, 4.69) is 24.9 Å². The minimum absolute atomic E-state index is 0.328. The molecule has 0 fully saturated rings. The number of hydrogen-bond acceptors (Lipinski definition) is 2. The van der Waals surface area contributed by atoms with Gasteiger partial charge in [-0.25, -0.2) is 4.79 Å². The zero-order valence-electron chi connectivity index (χ0n) is 10.2. The minimum Gasteiger partial charge on any atom is -0.450 e. The molecule has 0 saturated carbocycles. The summed E-state index contributed by atoms with van der Waals surface area (Å²) in [6.45, 7) is 8.90. The van der Waals surface area contributed by atoms with Gasteiger partial charge in [0.1, 0.15) is 0 Å². The van der Waals surface area contributed by atoms with Crippen molar-refractivity contribution in [2.24, 2.45) is 5.92 Å². The zero-order chi connectivity index (χ0) is 12.0. The van der Waals surface area contributed by atoms with Crippen LogP contribution in [0.2, 0.25) is 0 Å². The van der Waals surface area contributed by atoms with Gasteiger partial charge in [0.05, 0.1) is 6.61 Å². The van der Waals surface area contributed by atoms with Crippen LogP contribution in [0.25, 0.3) is 0 Å². The number of amides is 1. The molecule has 90 valence electrons. The molecule has 1 unspecified atom stereocenters. The predicted molar refractivity (Wildman–Crippen MR) is 65.3 cm³/mol. The van der Waals surface area contributed by atoms with Crippen molar-refractivity contribution in [1.29, 1.82) is 0 Å². The number of carbonyl (C=O) groups is 1. The molecule has 1 N–H and O–H groups in total. The smallest absolute Gasteiger partial charge is 0.407 e. The molecule has 1 aliphatic rings. The average Bonchev–Trinajstić information content (AvgIpc) is 2.27. The lowest BCUT2D eigenvalue weighted by molar-refractivity contribution is 0.153.